The topological polar surface area (TPSA) is 101 Å². The van der Waals surface area contributed by atoms with Crippen molar-refractivity contribution in [2.24, 2.45) is 5.92 Å². The molecule has 34 heavy (non-hydrogen) atoms. The Morgan fingerprint density at radius 1 is 1.06 bits per heavy atom. The molecule has 0 aliphatic rings. The molecule has 1 unspecified atom stereocenters. The molecule has 8 nitrogen and oxygen atoms in total. The van der Waals surface area contributed by atoms with Crippen molar-refractivity contribution >= 4 is 11.9 Å². The van der Waals surface area contributed by atoms with Crippen LogP contribution in [0.3, 0.4) is 0 Å². The molecule has 1 heterocycles. The number of rotatable bonds is 11. The highest BCUT2D eigenvalue weighted by Crippen LogP contribution is 2.30. The highest BCUT2D eigenvalue weighted by molar-refractivity contribution is 5.85. The first-order valence-electron chi connectivity index (χ1n) is 11.8. The molecule has 1 amide bonds. The molecule has 2 aromatic carbocycles. The number of hydrogen-bond acceptors (Lipinski definition) is 6. The van der Waals surface area contributed by atoms with Crippen molar-refractivity contribution in [1.82, 2.24) is 25.5 Å². The number of benzene rings is 2. The van der Waals surface area contributed by atoms with Gasteiger partial charge in [0.2, 0.25) is 11.7 Å². The third kappa shape index (κ3) is 5.87. The second-order valence-corrected chi connectivity index (χ2v) is 8.46. The van der Waals surface area contributed by atoms with Crippen LogP contribution in [0.25, 0.3) is 22.5 Å². The van der Waals surface area contributed by atoms with E-state index in [0.29, 0.717) is 18.8 Å². The van der Waals surface area contributed by atoms with E-state index in [0.717, 1.165) is 41.5 Å². The van der Waals surface area contributed by atoms with E-state index in [1.54, 1.807) is 4.90 Å². The molecule has 3 rings (SSSR count). The summed E-state index contributed by atoms with van der Waals surface area (Å²) in [6.45, 7) is 6.40. The summed E-state index contributed by atoms with van der Waals surface area (Å²) in [4.78, 5) is 27.5. The molecule has 180 valence electrons. The fraction of sp³-hybridized carbons (Fsp3) is 0.423. The standard InChI is InChI=1S/C26H33N5O3/c1-5-7-12-23(32)31(24(18(3)6-2)26(33)34-4)17-19-13-15-20(16-14-19)21-10-8-9-11-22(21)25-27-29-30-28-25/h8-11,13-16,18,24H,5-7,12,17H2,1-4H3,(H,27,28,29,30)/t18-,24?/m0/s1. The second kappa shape index (κ2) is 12.1. The van der Waals surface area contributed by atoms with Crippen molar-refractivity contribution in [1.29, 1.82) is 0 Å². The van der Waals surface area contributed by atoms with Gasteiger partial charge in [0.15, 0.2) is 0 Å². The van der Waals surface area contributed by atoms with Gasteiger partial charge in [-0.3, -0.25) is 4.79 Å². The Labute approximate surface area is 200 Å². The number of amides is 1. The Morgan fingerprint density at radius 3 is 2.35 bits per heavy atom. The molecule has 0 aliphatic heterocycles. The summed E-state index contributed by atoms with van der Waals surface area (Å²) in [5.74, 6) is 0.120. The van der Waals surface area contributed by atoms with E-state index in [4.69, 9.17) is 4.74 Å². The van der Waals surface area contributed by atoms with Crippen LogP contribution in [0, 0.1) is 5.92 Å². The molecule has 3 aromatic rings. The summed E-state index contributed by atoms with van der Waals surface area (Å²) >= 11 is 0. The molecule has 0 saturated heterocycles. The van der Waals surface area contributed by atoms with Crippen LogP contribution >= 0.6 is 0 Å². The van der Waals surface area contributed by atoms with Crippen molar-refractivity contribution < 1.29 is 14.3 Å². The van der Waals surface area contributed by atoms with Gasteiger partial charge in [-0.1, -0.05) is 82.1 Å². The maximum atomic E-state index is 13.1. The molecule has 0 saturated carbocycles. The lowest BCUT2D eigenvalue weighted by Crippen LogP contribution is -2.48. The van der Waals surface area contributed by atoms with Gasteiger partial charge in [0.25, 0.3) is 0 Å². The van der Waals surface area contributed by atoms with E-state index in [1.807, 2.05) is 62.4 Å². The summed E-state index contributed by atoms with van der Waals surface area (Å²) in [6, 6.07) is 15.3. The number of aromatic nitrogens is 4. The van der Waals surface area contributed by atoms with Crippen LogP contribution in [0.1, 0.15) is 52.0 Å². The van der Waals surface area contributed by atoms with Crippen LogP contribution in [0.2, 0.25) is 0 Å². The number of aromatic amines is 1. The monoisotopic (exact) mass is 463 g/mol. The van der Waals surface area contributed by atoms with Gasteiger partial charge in [0, 0.05) is 18.5 Å². The fourth-order valence-corrected chi connectivity index (χ4v) is 4.02. The lowest BCUT2D eigenvalue weighted by atomic mass is 9.95. The second-order valence-electron chi connectivity index (χ2n) is 8.46. The maximum absolute atomic E-state index is 13.1. The van der Waals surface area contributed by atoms with E-state index in [9.17, 15) is 9.59 Å². The third-order valence-electron chi connectivity index (χ3n) is 6.16. The number of H-pyrrole nitrogens is 1. The van der Waals surface area contributed by atoms with Crippen molar-refractivity contribution in [3.05, 3.63) is 54.1 Å². The van der Waals surface area contributed by atoms with Crippen LogP contribution < -0.4 is 0 Å². The van der Waals surface area contributed by atoms with E-state index in [2.05, 4.69) is 27.5 Å². The molecule has 0 radical (unpaired) electrons. The molecule has 8 heteroatoms. The zero-order chi connectivity index (χ0) is 24.5. The largest absolute Gasteiger partial charge is 0.467 e. The van der Waals surface area contributed by atoms with E-state index in [1.165, 1.54) is 7.11 Å². The first kappa shape index (κ1) is 25.1. The Kier molecular flexibility index (Phi) is 8.90. The first-order valence-corrected chi connectivity index (χ1v) is 11.8. The number of hydrogen-bond donors (Lipinski definition) is 1. The van der Waals surface area contributed by atoms with Crippen molar-refractivity contribution in [3.8, 4) is 22.5 Å². The molecule has 0 aliphatic carbocycles. The van der Waals surface area contributed by atoms with Gasteiger partial charge in [-0.2, -0.15) is 5.21 Å². The normalized spacial score (nSPS) is 12.7. The van der Waals surface area contributed by atoms with Crippen LogP contribution in [-0.2, 0) is 20.9 Å². The third-order valence-corrected chi connectivity index (χ3v) is 6.16. The Balaban J connectivity index is 1.89. The molecule has 1 N–H and O–H groups in total. The average Bonchev–Trinajstić information content (AvgIpc) is 3.42. The zero-order valence-corrected chi connectivity index (χ0v) is 20.3. The predicted octanol–water partition coefficient (Wildman–Crippen LogP) is 4.64. The van der Waals surface area contributed by atoms with Gasteiger partial charge < -0.3 is 9.64 Å². The van der Waals surface area contributed by atoms with Gasteiger partial charge in [0.05, 0.1) is 7.11 Å². The summed E-state index contributed by atoms with van der Waals surface area (Å²) in [7, 11) is 1.38. The van der Waals surface area contributed by atoms with Crippen molar-refractivity contribution in [2.45, 2.75) is 59.0 Å². The molecule has 0 bridgehead atoms. The minimum atomic E-state index is -0.613. The van der Waals surface area contributed by atoms with E-state index < -0.39 is 6.04 Å². The molecule has 0 spiro atoms. The number of tetrazole rings is 1. The van der Waals surface area contributed by atoms with Crippen LogP contribution in [0.5, 0.6) is 0 Å². The number of ether oxygens (including phenoxy) is 1. The Bertz CT molecular complexity index is 1070. The fourth-order valence-electron chi connectivity index (χ4n) is 4.02. The van der Waals surface area contributed by atoms with E-state index >= 15 is 0 Å². The van der Waals surface area contributed by atoms with Gasteiger partial charge in [-0.25, -0.2) is 4.79 Å². The van der Waals surface area contributed by atoms with Gasteiger partial charge >= 0.3 is 5.97 Å². The summed E-state index contributed by atoms with van der Waals surface area (Å²) in [6.07, 6.45) is 2.88. The number of carbonyl (C=O) groups excluding carboxylic acids is 2. The number of nitrogens with zero attached hydrogens (tertiary/aromatic N) is 4. The summed E-state index contributed by atoms with van der Waals surface area (Å²) in [5.41, 5.74) is 3.81. The van der Waals surface area contributed by atoms with Crippen LogP contribution in [0.4, 0.5) is 0 Å². The summed E-state index contributed by atoms with van der Waals surface area (Å²) in [5, 5.41) is 14.4. The minimum Gasteiger partial charge on any atom is -0.467 e. The number of nitrogens with one attached hydrogen (secondary N) is 1. The van der Waals surface area contributed by atoms with Gasteiger partial charge in [-0.15, -0.1) is 10.2 Å². The maximum Gasteiger partial charge on any atom is 0.328 e. The lowest BCUT2D eigenvalue weighted by molar-refractivity contribution is -0.156. The molecular formula is C26H33N5O3. The zero-order valence-electron chi connectivity index (χ0n) is 20.3. The Morgan fingerprint density at radius 2 is 1.76 bits per heavy atom. The molecular weight excluding hydrogens is 430 g/mol. The smallest absolute Gasteiger partial charge is 0.328 e. The van der Waals surface area contributed by atoms with Gasteiger partial charge in [-0.05, 0) is 34.2 Å². The highest BCUT2D eigenvalue weighted by Gasteiger charge is 2.34. The van der Waals surface area contributed by atoms with Crippen LogP contribution in [0.15, 0.2) is 48.5 Å². The SMILES string of the molecule is CCCCC(=O)N(Cc1ccc(-c2ccccc2-c2nn[nH]n2)cc1)C(C(=O)OC)[C@@H](C)CC. The number of esters is 1. The number of methoxy groups -OCH3 is 1. The molecule has 1 aromatic heterocycles. The lowest BCUT2D eigenvalue weighted by Gasteiger charge is -2.33. The first-order chi connectivity index (χ1) is 16.5. The molecule has 0 fully saturated rings. The number of carbonyl (C=O) groups is 2. The minimum absolute atomic E-state index is 0.0147. The highest BCUT2D eigenvalue weighted by atomic mass is 16.5. The molecule has 2 atom stereocenters. The van der Waals surface area contributed by atoms with Crippen molar-refractivity contribution in [3.63, 3.8) is 0 Å². The number of unbranched alkanes of at least 4 members (excludes halogenated alkanes) is 1. The predicted molar refractivity (Wildman–Crippen MR) is 130 cm³/mol. The quantitative estimate of drug-likeness (QED) is 0.416. The van der Waals surface area contributed by atoms with Crippen molar-refractivity contribution in [2.75, 3.05) is 7.11 Å². The van der Waals surface area contributed by atoms with Gasteiger partial charge in [0.1, 0.15) is 6.04 Å². The summed E-state index contributed by atoms with van der Waals surface area (Å²) < 4.78 is 5.08. The Hall–Kier alpha value is -3.55. The van der Waals surface area contributed by atoms with E-state index in [-0.39, 0.29) is 17.8 Å². The average molecular weight is 464 g/mol. The van der Waals surface area contributed by atoms with Crippen LogP contribution in [-0.4, -0.2) is 50.6 Å².